The molecule has 0 aliphatic carbocycles. The summed E-state index contributed by atoms with van der Waals surface area (Å²) in [7, 11) is 1.61. The highest BCUT2D eigenvalue weighted by molar-refractivity contribution is 6.03. The van der Waals surface area contributed by atoms with E-state index in [4.69, 9.17) is 15.7 Å². The van der Waals surface area contributed by atoms with E-state index in [1.165, 1.54) is 10.9 Å². The predicted octanol–water partition coefficient (Wildman–Crippen LogP) is 0.471. The molecule has 0 atom stereocenters. The smallest absolute Gasteiger partial charge is 0.413 e. The number of oxime groups is 1. The van der Waals surface area contributed by atoms with Crippen LogP contribution in [0, 0.1) is 0 Å². The molecular weight excluding hydrogens is 226 g/mol. The van der Waals surface area contributed by atoms with Gasteiger partial charge in [-0.25, -0.2) is 4.79 Å². The van der Waals surface area contributed by atoms with Crippen LogP contribution in [0.25, 0.3) is 0 Å². The topological polar surface area (TPSA) is 115 Å². The lowest BCUT2D eigenvalue weighted by Gasteiger charge is -2.10. The highest BCUT2D eigenvalue weighted by atomic mass is 16.6. The molecule has 1 aromatic heterocycles. The zero-order valence-electron chi connectivity index (χ0n) is 9.84. The molecule has 0 aliphatic rings. The van der Waals surface area contributed by atoms with Crippen LogP contribution in [-0.2, 0) is 11.8 Å². The van der Waals surface area contributed by atoms with Crippen LogP contribution in [0.4, 0.5) is 10.6 Å². The number of hydrogen-bond acceptors (Lipinski definition) is 5. The molecule has 0 saturated carbocycles. The second-order valence-electron chi connectivity index (χ2n) is 3.59. The summed E-state index contributed by atoms with van der Waals surface area (Å²) in [5.74, 6) is 0.156. The van der Waals surface area contributed by atoms with Crippen molar-refractivity contribution in [3.63, 3.8) is 0 Å². The molecule has 94 valence electrons. The number of nitrogens with zero attached hydrogens (tertiary/aromatic N) is 3. The standard InChI is InChI=1S/C9H15N5O3/c1-5(2)17-9(15)12-8-6(7(10)13-16)4-11-14(8)3/h4-5,16H,1-3H3,(H2,10,13)(H,12,15). The number of aryl methyl sites for hydroxylation is 1. The van der Waals surface area contributed by atoms with Crippen molar-refractivity contribution >= 4 is 17.7 Å². The van der Waals surface area contributed by atoms with E-state index < -0.39 is 6.09 Å². The molecule has 0 aromatic carbocycles. The normalized spacial score (nSPS) is 11.6. The lowest BCUT2D eigenvalue weighted by molar-refractivity contribution is 0.129. The number of carbonyl (C=O) groups excluding carboxylic acids is 1. The van der Waals surface area contributed by atoms with E-state index in [2.05, 4.69) is 15.6 Å². The van der Waals surface area contributed by atoms with Crippen molar-refractivity contribution in [2.75, 3.05) is 5.32 Å². The number of nitrogens with one attached hydrogen (secondary N) is 1. The average molecular weight is 241 g/mol. The first-order valence-electron chi connectivity index (χ1n) is 4.93. The Kier molecular flexibility index (Phi) is 3.91. The van der Waals surface area contributed by atoms with Crippen molar-refractivity contribution in [2.45, 2.75) is 20.0 Å². The minimum Gasteiger partial charge on any atom is -0.447 e. The Labute approximate surface area is 98.0 Å². The Balaban J connectivity index is 2.90. The molecule has 1 heterocycles. The first kappa shape index (κ1) is 12.8. The van der Waals surface area contributed by atoms with Gasteiger partial charge in [0.1, 0.15) is 5.82 Å². The lowest BCUT2D eigenvalue weighted by atomic mass is 10.3. The first-order chi connectivity index (χ1) is 7.95. The van der Waals surface area contributed by atoms with Crippen LogP contribution in [0.1, 0.15) is 19.4 Å². The third-order valence-corrected chi connectivity index (χ3v) is 1.89. The van der Waals surface area contributed by atoms with E-state index in [0.717, 1.165) is 0 Å². The molecule has 0 bridgehead atoms. The van der Waals surface area contributed by atoms with Crippen molar-refractivity contribution in [3.05, 3.63) is 11.8 Å². The van der Waals surface area contributed by atoms with E-state index in [1.54, 1.807) is 20.9 Å². The summed E-state index contributed by atoms with van der Waals surface area (Å²) in [5.41, 5.74) is 5.76. The molecule has 0 aliphatic heterocycles. The van der Waals surface area contributed by atoms with Gasteiger partial charge in [0, 0.05) is 7.05 Å². The van der Waals surface area contributed by atoms with Gasteiger partial charge in [-0.15, -0.1) is 0 Å². The van der Waals surface area contributed by atoms with E-state index >= 15 is 0 Å². The molecule has 0 spiro atoms. The van der Waals surface area contributed by atoms with E-state index in [-0.39, 0.29) is 11.9 Å². The van der Waals surface area contributed by atoms with Crippen molar-refractivity contribution < 1.29 is 14.7 Å². The average Bonchev–Trinajstić information content (AvgIpc) is 2.58. The quantitative estimate of drug-likeness (QED) is 0.308. The van der Waals surface area contributed by atoms with Crippen molar-refractivity contribution in [2.24, 2.45) is 17.9 Å². The minimum absolute atomic E-state index is 0.141. The fourth-order valence-electron chi connectivity index (χ4n) is 1.17. The molecule has 8 nitrogen and oxygen atoms in total. The molecule has 1 rings (SSSR count). The zero-order chi connectivity index (χ0) is 13.0. The van der Waals surface area contributed by atoms with Gasteiger partial charge in [-0.2, -0.15) is 5.10 Å². The maximum absolute atomic E-state index is 11.4. The molecule has 0 unspecified atom stereocenters. The van der Waals surface area contributed by atoms with Crippen LogP contribution in [-0.4, -0.2) is 33.0 Å². The van der Waals surface area contributed by atoms with Crippen LogP contribution in [0.2, 0.25) is 0 Å². The van der Waals surface area contributed by atoms with Crippen LogP contribution in [0.5, 0.6) is 0 Å². The number of rotatable bonds is 3. The number of carbonyl (C=O) groups is 1. The molecule has 1 amide bonds. The summed E-state index contributed by atoms with van der Waals surface area (Å²) < 4.78 is 6.30. The molecular formula is C9H15N5O3. The molecule has 4 N–H and O–H groups in total. The number of anilines is 1. The summed E-state index contributed by atoms with van der Waals surface area (Å²) in [6, 6.07) is 0. The van der Waals surface area contributed by atoms with Crippen LogP contribution < -0.4 is 11.1 Å². The van der Waals surface area contributed by atoms with E-state index in [9.17, 15) is 4.79 Å². The second kappa shape index (κ2) is 5.19. The molecule has 8 heteroatoms. The summed E-state index contributed by atoms with van der Waals surface area (Å²) >= 11 is 0. The summed E-state index contributed by atoms with van der Waals surface area (Å²) in [6.45, 7) is 3.46. The number of ether oxygens (including phenoxy) is 1. The number of amidine groups is 1. The molecule has 17 heavy (non-hydrogen) atoms. The van der Waals surface area contributed by atoms with Crippen molar-refractivity contribution in [1.82, 2.24) is 9.78 Å². The van der Waals surface area contributed by atoms with Gasteiger partial charge in [0.25, 0.3) is 0 Å². The fraction of sp³-hybridized carbons (Fsp3) is 0.444. The minimum atomic E-state index is -0.629. The van der Waals surface area contributed by atoms with Gasteiger partial charge in [0.05, 0.1) is 17.9 Å². The van der Waals surface area contributed by atoms with Gasteiger partial charge < -0.3 is 15.7 Å². The predicted molar refractivity (Wildman–Crippen MR) is 61.0 cm³/mol. The van der Waals surface area contributed by atoms with Gasteiger partial charge in [0.2, 0.25) is 0 Å². The maximum Gasteiger partial charge on any atom is 0.413 e. The van der Waals surface area contributed by atoms with Gasteiger partial charge in [-0.05, 0) is 13.8 Å². The summed E-state index contributed by atoms with van der Waals surface area (Å²) in [4.78, 5) is 11.4. The maximum atomic E-state index is 11.4. The fourth-order valence-corrected chi connectivity index (χ4v) is 1.17. The largest absolute Gasteiger partial charge is 0.447 e. The first-order valence-corrected chi connectivity index (χ1v) is 4.93. The highest BCUT2D eigenvalue weighted by Gasteiger charge is 2.16. The number of hydrogen-bond donors (Lipinski definition) is 3. The van der Waals surface area contributed by atoms with Crippen LogP contribution in [0.15, 0.2) is 11.4 Å². The molecule has 1 aromatic rings. The van der Waals surface area contributed by atoms with Gasteiger partial charge in [-0.3, -0.25) is 10.00 Å². The highest BCUT2D eigenvalue weighted by Crippen LogP contribution is 2.14. The molecule has 0 radical (unpaired) electrons. The number of nitrogens with two attached hydrogens (primary N) is 1. The zero-order valence-corrected chi connectivity index (χ0v) is 9.84. The van der Waals surface area contributed by atoms with Crippen LogP contribution in [0.3, 0.4) is 0 Å². The third-order valence-electron chi connectivity index (χ3n) is 1.89. The van der Waals surface area contributed by atoms with Crippen molar-refractivity contribution in [3.8, 4) is 0 Å². The van der Waals surface area contributed by atoms with E-state index in [1.807, 2.05) is 0 Å². The Morgan fingerprint density at radius 1 is 1.71 bits per heavy atom. The second-order valence-corrected chi connectivity index (χ2v) is 3.59. The Bertz CT molecular complexity index is 438. The third kappa shape index (κ3) is 3.10. The Morgan fingerprint density at radius 3 is 2.88 bits per heavy atom. The summed E-state index contributed by atoms with van der Waals surface area (Å²) in [5, 5.41) is 17.8. The van der Waals surface area contributed by atoms with E-state index in [0.29, 0.717) is 11.4 Å². The lowest BCUT2D eigenvalue weighted by Crippen LogP contribution is -2.22. The Hall–Kier alpha value is -2.25. The summed E-state index contributed by atoms with van der Waals surface area (Å²) in [6.07, 6.45) is 0.506. The van der Waals surface area contributed by atoms with Gasteiger partial charge in [-0.1, -0.05) is 5.16 Å². The number of amides is 1. The van der Waals surface area contributed by atoms with Gasteiger partial charge >= 0.3 is 6.09 Å². The van der Waals surface area contributed by atoms with Crippen molar-refractivity contribution in [1.29, 1.82) is 0 Å². The SMILES string of the molecule is CC(C)OC(=O)Nc1c(/C(N)=N/O)cnn1C. The van der Waals surface area contributed by atoms with Gasteiger partial charge in [0.15, 0.2) is 5.84 Å². The molecule has 0 fully saturated rings. The molecule has 0 saturated heterocycles. The monoisotopic (exact) mass is 241 g/mol. The Morgan fingerprint density at radius 2 is 2.35 bits per heavy atom. The van der Waals surface area contributed by atoms with Crippen LogP contribution >= 0.6 is 0 Å². The number of aromatic nitrogens is 2.